The number of nitrogens with one attached hydrogen (secondary N) is 1. The minimum Gasteiger partial charge on any atom is -0.481 e. The van der Waals surface area contributed by atoms with Crippen LogP contribution in [0.5, 0.6) is 0 Å². The number of aliphatic carboxylic acids is 2. The Morgan fingerprint density at radius 1 is 0.893 bits per heavy atom. The molecular formula is C21H16N2O5. The molecule has 7 nitrogen and oxygen atoms in total. The molecule has 0 aliphatic rings. The average molecular weight is 376 g/mol. The van der Waals surface area contributed by atoms with Crippen molar-refractivity contribution >= 4 is 23.5 Å². The highest BCUT2D eigenvalue weighted by Crippen LogP contribution is 2.05. The van der Waals surface area contributed by atoms with Gasteiger partial charge in [-0.05, 0) is 60.4 Å². The van der Waals surface area contributed by atoms with E-state index < -0.39 is 30.3 Å². The number of anilines is 1. The molecule has 0 saturated heterocycles. The third-order valence-corrected chi connectivity index (χ3v) is 3.52. The number of carbonyl (C=O) groups excluding carboxylic acids is 1. The smallest absolute Gasteiger partial charge is 0.326 e. The summed E-state index contributed by atoms with van der Waals surface area (Å²) >= 11 is 0. The zero-order chi connectivity index (χ0) is 20.5. The lowest BCUT2D eigenvalue weighted by Crippen LogP contribution is -2.42. The van der Waals surface area contributed by atoms with Crippen molar-refractivity contribution < 1.29 is 24.6 Å². The fourth-order valence-corrected chi connectivity index (χ4v) is 2.09. The summed E-state index contributed by atoms with van der Waals surface area (Å²) in [6, 6.07) is 11.6. The van der Waals surface area contributed by atoms with E-state index in [0.717, 1.165) is 5.56 Å². The van der Waals surface area contributed by atoms with Crippen molar-refractivity contribution in [2.75, 3.05) is 5.73 Å². The number of nitrogens with two attached hydrogens (primary N) is 1. The zero-order valence-electron chi connectivity index (χ0n) is 14.6. The maximum Gasteiger partial charge on any atom is 0.326 e. The van der Waals surface area contributed by atoms with Gasteiger partial charge in [-0.1, -0.05) is 11.8 Å². The van der Waals surface area contributed by atoms with E-state index >= 15 is 0 Å². The summed E-state index contributed by atoms with van der Waals surface area (Å²) < 4.78 is 0. The van der Waals surface area contributed by atoms with Gasteiger partial charge < -0.3 is 21.3 Å². The van der Waals surface area contributed by atoms with Crippen molar-refractivity contribution in [1.82, 2.24) is 5.32 Å². The van der Waals surface area contributed by atoms with Crippen LogP contribution in [0.4, 0.5) is 5.69 Å². The first-order valence-corrected chi connectivity index (χ1v) is 8.08. The Balaban J connectivity index is 2.01. The van der Waals surface area contributed by atoms with E-state index in [4.69, 9.17) is 15.9 Å². The van der Waals surface area contributed by atoms with E-state index in [1.165, 1.54) is 12.1 Å². The lowest BCUT2D eigenvalue weighted by atomic mass is 10.1. The maximum atomic E-state index is 12.1. The third kappa shape index (κ3) is 6.25. The van der Waals surface area contributed by atoms with Crippen LogP contribution < -0.4 is 11.1 Å². The number of rotatable bonds is 5. The van der Waals surface area contributed by atoms with Gasteiger partial charge in [-0.2, -0.15) is 0 Å². The summed E-state index contributed by atoms with van der Waals surface area (Å²) in [5, 5.41) is 19.8. The van der Waals surface area contributed by atoms with Gasteiger partial charge in [-0.25, -0.2) is 4.79 Å². The molecule has 0 saturated carbocycles. The van der Waals surface area contributed by atoms with Crippen LogP contribution in [0.2, 0.25) is 0 Å². The second-order valence-electron chi connectivity index (χ2n) is 5.66. The van der Waals surface area contributed by atoms with Gasteiger partial charge in [0.05, 0.1) is 6.42 Å². The summed E-state index contributed by atoms with van der Waals surface area (Å²) in [6.45, 7) is 0. The average Bonchev–Trinajstić information content (AvgIpc) is 2.66. The first kappa shape index (κ1) is 20.1. The molecule has 0 aliphatic heterocycles. The lowest BCUT2D eigenvalue weighted by molar-refractivity contribution is -0.145. The number of carboxylic acid groups (broad SMARTS) is 2. The molecule has 1 atom stereocenters. The molecule has 2 rings (SSSR count). The molecule has 140 valence electrons. The van der Waals surface area contributed by atoms with Gasteiger partial charge in [-0.3, -0.25) is 9.59 Å². The van der Waals surface area contributed by atoms with Crippen molar-refractivity contribution in [3.05, 3.63) is 65.2 Å². The van der Waals surface area contributed by atoms with E-state index in [9.17, 15) is 14.4 Å². The molecular weight excluding hydrogens is 360 g/mol. The molecule has 0 aromatic heterocycles. The molecule has 28 heavy (non-hydrogen) atoms. The Labute approximate surface area is 161 Å². The quantitative estimate of drug-likeness (QED) is 0.460. The van der Waals surface area contributed by atoms with Crippen molar-refractivity contribution in [3.8, 4) is 23.7 Å². The van der Waals surface area contributed by atoms with Crippen LogP contribution >= 0.6 is 0 Å². The lowest BCUT2D eigenvalue weighted by Gasteiger charge is -2.12. The van der Waals surface area contributed by atoms with Gasteiger partial charge in [0.15, 0.2) is 0 Å². The van der Waals surface area contributed by atoms with E-state index in [-0.39, 0.29) is 5.56 Å². The minimum atomic E-state index is -1.51. The molecule has 0 spiro atoms. The number of amides is 1. The van der Waals surface area contributed by atoms with E-state index in [0.29, 0.717) is 11.3 Å². The largest absolute Gasteiger partial charge is 0.481 e. The van der Waals surface area contributed by atoms with Gasteiger partial charge in [0.1, 0.15) is 6.04 Å². The van der Waals surface area contributed by atoms with Gasteiger partial charge in [0, 0.05) is 22.4 Å². The third-order valence-electron chi connectivity index (χ3n) is 3.52. The van der Waals surface area contributed by atoms with Crippen LogP contribution in [-0.4, -0.2) is 34.1 Å². The second kappa shape index (κ2) is 9.46. The molecule has 0 bridgehead atoms. The van der Waals surface area contributed by atoms with Crippen LogP contribution in [0.25, 0.3) is 0 Å². The number of benzene rings is 2. The molecule has 7 heteroatoms. The van der Waals surface area contributed by atoms with E-state index in [1.54, 1.807) is 36.4 Å². The highest BCUT2D eigenvalue weighted by Gasteiger charge is 2.23. The van der Waals surface area contributed by atoms with Crippen LogP contribution in [0.1, 0.15) is 27.9 Å². The predicted molar refractivity (Wildman–Crippen MR) is 102 cm³/mol. The van der Waals surface area contributed by atoms with Crippen molar-refractivity contribution in [1.29, 1.82) is 0 Å². The standard InChI is InChI=1S/C21H16N2O5/c22-17-11-7-15(8-12-17)4-2-1-3-14-5-9-16(10-6-14)20(26)23-18(21(27)28)13-19(24)25/h5-12,18H,13,22H2,(H,23,26)(H,24,25)(H,27,28)/t18-/m0/s1. The molecule has 0 heterocycles. The number of hydrogen-bond acceptors (Lipinski definition) is 4. The predicted octanol–water partition coefficient (Wildman–Crippen LogP) is 1.33. The topological polar surface area (TPSA) is 130 Å². The fraction of sp³-hybridized carbons (Fsp3) is 0.0952. The molecule has 0 fully saturated rings. The highest BCUT2D eigenvalue weighted by atomic mass is 16.4. The summed E-state index contributed by atoms with van der Waals surface area (Å²) in [5.74, 6) is 7.68. The zero-order valence-corrected chi connectivity index (χ0v) is 14.6. The first-order valence-electron chi connectivity index (χ1n) is 8.08. The minimum absolute atomic E-state index is 0.190. The number of carboxylic acids is 2. The number of hydrogen-bond donors (Lipinski definition) is 4. The van der Waals surface area contributed by atoms with Gasteiger partial charge >= 0.3 is 11.9 Å². The monoisotopic (exact) mass is 376 g/mol. The Morgan fingerprint density at radius 2 is 1.39 bits per heavy atom. The van der Waals surface area contributed by atoms with Crippen LogP contribution in [0.3, 0.4) is 0 Å². The number of nitrogen functional groups attached to an aromatic ring is 1. The summed E-state index contributed by atoms with van der Waals surface area (Å²) in [4.78, 5) is 33.7. The van der Waals surface area contributed by atoms with Crippen LogP contribution in [-0.2, 0) is 9.59 Å². The Morgan fingerprint density at radius 3 is 1.86 bits per heavy atom. The molecule has 2 aromatic rings. The fourth-order valence-electron chi connectivity index (χ4n) is 2.09. The Bertz CT molecular complexity index is 1000. The summed E-state index contributed by atoms with van der Waals surface area (Å²) in [6.07, 6.45) is -0.711. The first-order chi connectivity index (χ1) is 13.3. The maximum absolute atomic E-state index is 12.1. The molecule has 0 unspecified atom stereocenters. The molecule has 1 amide bonds. The van der Waals surface area contributed by atoms with Crippen LogP contribution in [0, 0.1) is 23.7 Å². The molecule has 2 aromatic carbocycles. The van der Waals surface area contributed by atoms with Crippen LogP contribution in [0.15, 0.2) is 48.5 Å². The summed E-state index contributed by atoms with van der Waals surface area (Å²) in [5.41, 5.74) is 7.83. The van der Waals surface area contributed by atoms with E-state index in [2.05, 4.69) is 29.0 Å². The molecule has 0 radical (unpaired) electrons. The SMILES string of the molecule is Nc1ccc(C#CC#Cc2ccc(C(=O)N[C@@H](CC(=O)O)C(=O)O)cc2)cc1. The molecule has 0 aliphatic carbocycles. The Hall–Kier alpha value is -4.23. The van der Waals surface area contributed by atoms with Crippen molar-refractivity contribution in [3.63, 3.8) is 0 Å². The Kier molecular flexibility index (Phi) is 6.79. The van der Waals surface area contributed by atoms with Gasteiger partial charge in [0.2, 0.25) is 0 Å². The van der Waals surface area contributed by atoms with Crippen molar-refractivity contribution in [2.24, 2.45) is 0 Å². The number of carbonyl (C=O) groups is 3. The molecule has 5 N–H and O–H groups in total. The summed E-state index contributed by atoms with van der Waals surface area (Å²) in [7, 11) is 0. The highest BCUT2D eigenvalue weighted by molar-refractivity contribution is 5.97. The second-order valence-corrected chi connectivity index (χ2v) is 5.66. The normalized spacial score (nSPS) is 10.4. The van der Waals surface area contributed by atoms with Gasteiger partial charge in [0.25, 0.3) is 5.91 Å². The van der Waals surface area contributed by atoms with Crippen molar-refractivity contribution in [2.45, 2.75) is 12.5 Å². The van der Waals surface area contributed by atoms with Gasteiger partial charge in [-0.15, -0.1) is 0 Å². The van der Waals surface area contributed by atoms with E-state index in [1.807, 2.05) is 0 Å².